The summed E-state index contributed by atoms with van der Waals surface area (Å²) in [7, 11) is 1.61. The molecular formula is C26H32FN7O2. The molecule has 0 unspecified atom stereocenters. The summed E-state index contributed by atoms with van der Waals surface area (Å²) in [6.45, 7) is 9.20. The number of ether oxygens (including phenoxy) is 2. The molecule has 10 heteroatoms. The predicted octanol–water partition coefficient (Wildman–Crippen LogP) is 3.84. The van der Waals surface area contributed by atoms with E-state index in [0.717, 1.165) is 69.1 Å². The first-order chi connectivity index (χ1) is 17.5. The van der Waals surface area contributed by atoms with Crippen molar-refractivity contribution in [1.29, 1.82) is 0 Å². The van der Waals surface area contributed by atoms with Crippen molar-refractivity contribution in [3.05, 3.63) is 36.2 Å². The van der Waals surface area contributed by atoms with Gasteiger partial charge in [-0.25, -0.2) is 18.9 Å². The average molecular weight is 494 g/mol. The number of hydrogen-bond acceptors (Lipinski definition) is 7. The second-order valence-corrected chi connectivity index (χ2v) is 9.94. The molecule has 4 aromatic heterocycles. The van der Waals surface area contributed by atoms with Gasteiger partial charge in [-0.05, 0) is 30.4 Å². The molecule has 0 aliphatic carbocycles. The molecule has 9 nitrogen and oxygen atoms in total. The Kier molecular flexibility index (Phi) is 6.00. The minimum Gasteiger partial charge on any atom is -0.493 e. The first-order valence-corrected chi connectivity index (χ1v) is 12.7. The van der Waals surface area contributed by atoms with E-state index in [1.165, 1.54) is 6.33 Å². The first-order valence-electron chi connectivity index (χ1n) is 12.7. The van der Waals surface area contributed by atoms with E-state index < -0.39 is 0 Å². The quantitative estimate of drug-likeness (QED) is 0.452. The van der Waals surface area contributed by atoms with Gasteiger partial charge in [0.15, 0.2) is 23.0 Å². The van der Waals surface area contributed by atoms with Crippen molar-refractivity contribution in [2.75, 3.05) is 51.4 Å². The number of nitrogens with zero attached hydrogens (tertiary/aromatic N) is 6. The summed E-state index contributed by atoms with van der Waals surface area (Å²) in [5.41, 5.74) is 3.95. The van der Waals surface area contributed by atoms with Gasteiger partial charge < -0.3 is 19.4 Å². The van der Waals surface area contributed by atoms with Gasteiger partial charge in [0.2, 0.25) is 0 Å². The van der Waals surface area contributed by atoms with E-state index in [1.54, 1.807) is 17.8 Å². The maximum absolute atomic E-state index is 16.2. The largest absolute Gasteiger partial charge is 0.493 e. The standard InChI is InChI=1S/C26H32FN7O2/c1-16(2)21-22-19(31-24(21)17-12-20(35-3)25-29-15-30-34(25)14-17)13-28-26(23(22)27)33-8-6-32(7-9-33)18-4-10-36-11-5-18/h12-16,18,31H,4-11H2,1-3H3. The summed E-state index contributed by atoms with van der Waals surface area (Å²) in [5.74, 6) is 0.874. The number of rotatable bonds is 5. The van der Waals surface area contributed by atoms with Gasteiger partial charge in [0.25, 0.3) is 0 Å². The summed E-state index contributed by atoms with van der Waals surface area (Å²) in [6.07, 6.45) is 7.30. The van der Waals surface area contributed by atoms with Crippen molar-refractivity contribution >= 4 is 22.4 Å². The van der Waals surface area contributed by atoms with E-state index >= 15 is 4.39 Å². The summed E-state index contributed by atoms with van der Waals surface area (Å²) >= 11 is 0. The lowest BCUT2D eigenvalue weighted by molar-refractivity contribution is 0.0320. The molecule has 0 atom stereocenters. The van der Waals surface area contributed by atoms with Crippen molar-refractivity contribution in [3.63, 3.8) is 0 Å². The Hall–Kier alpha value is -3.24. The lowest BCUT2D eigenvalue weighted by atomic mass is 9.96. The van der Waals surface area contributed by atoms with E-state index in [1.807, 2.05) is 12.3 Å². The third-order valence-corrected chi connectivity index (χ3v) is 7.55. The van der Waals surface area contributed by atoms with Crippen LogP contribution in [0, 0.1) is 5.82 Å². The molecule has 0 bridgehead atoms. The molecule has 1 N–H and O–H groups in total. The first kappa shape index (κ1) is 23.2. The minimum absolute atomic E-state index is 0.0845. The predicted molar refractivity (Wildman–Crippen MR) is 136 cm³/mol. The number of nitrogens with one attached hydrogen (secondary N) is 1. The summed E-state index contributed by atoms with van der Waals surface area (Å²) in [4.78, 5) is 16.9. The Balaban J connectivity index is 1.36. The Morgan fingerprint density at radius 3 is 2.64 bits per heavy atom. The second-order valence-electron chi connectivity index (χ2n) is 9.94. The highest BCUT2D eigenvalue weighted by atomic mass is 19.1. The van der Waals surface area contributed by atoms with E-state index in [9.17, 15) is 0 Å². The Bertz CT molecular complexity index is 1380. The van der Waals surface area contributed by atoms with Gasteiger partial charge >= 0.3 is 0 Å². The molecule has 2 saturated heterocycles. The lowest BCUT2D eigenvalue weighted by Gasteiger charge is -2.41. The maximum atomic E-state index is 16.2. The molecule has 2 aliphatic rings. The zero-order chi connectivity index (χ0) is 24.8. The Morgan fingerprint density at radius 2 is 1.92 bits per heavy atom. The van der Waals surface area contributed by atoms with Crippen LogP contribution in [0.25, 0.3) is 27.8 Å². The molecule has 0 saturated carbocycles. The number of methoxy groups -OCH3 is 1. The summed E-state index contributed by atoms with van der Waals surface area (Å²) in [6, 6.07) is 2.49. The summed E-state index contributed by atoms with van der Waals surface area (Å²) in [5, 5.41) is 4.89. The number of aromatic nitrogens is 5. The number of piperazine rings is 1. The van der Waals surface area contributed by atoms with Crippen LogP contribution in [0.4, 0.5) is 10.2 Å². The number of pyridine rings is 2. The van der Waals surface area contributed by atoms with Gasteiger partial charge in [0, 0.05) is 62.6 Å². The molecule has 6 rings (SSSR count). The van der Waals surface area contributed by atoms with E-state index in [0.29, 0.717) is 34.2 Å². The number of fused-ring (bicyclic) bond motifs is 2. The number of anilines is 1. The molecule has 6 heterocycles. The minimum atomic E-state index is -0.257. The van der Waals surface area contributed by atoms with Crippen LogP contribution in [0.2, 0.25) is 0 Å². The highest BCUT2D eigenvalue weighted by molar-refractivity contribution is 5.93. The van der Waals surface area contributed by atoms with Crippen LogP contribution in [0.15, 0.2) is 24.8 Å². The molecular weight excluding hydrogens is 461 g/mol. The van der Waals surface area contributed by atoms with E-state index in [-0.39, 0.29) is 11.7 Å². The molecule has 36 heavy (non-hydrogen) atoms. The van der Waals surface area contributed by atoms with Crippen LogP contribution in [0.5, 0.6) is 5.75 Å². The Labute approximate surface area is 209 Å². The van der Waals surface area contributed by atoms with Crippen LogP contribution in [0.3, 0.4) is 0 Å². The fraction of sp³-hybridized carbons (Fsp3) is 0.500. The van der Waals surface area contributed by atoms with Gasteiger partial charge in [-0.2, -0.15) is 5.10 Å². The van der Waals surface area contributed by atoms with Gasteiger partial charge in [-0.1, -0.05) is 13.8 Å². The average Bonchev–Trinajstić information content (AvgIpc) is 3.54. The van der Waals surface area contributed by atoms with Crippen molar-refractivity contribution in [2.24, 2.45) is 0 Å². The SMILES string of the molecule is COc1cc(-c2[nH]c3cnc(N4CCN(C5CCOCC5)CC4)c(F)c3c2C(C)C)cn2ncnc12. The monoisotopic (exact) mass is 493 g/mol. The molecule has 0 amide bonds. The van der Waals surface area contributed by atoms with Gasteiger partial charge in [-0.3, -0.25) is 4.90 Å². The zero-order valence-corrected chi connectivity index (χ0v) is 21.0. The van der Waals surface area contributed by atoms with E-state index in [2.05, 4.69) is 43.7 Å². The normalized spacial score (nSPS) is 18.1. The molecule has 0 aromatic carbocycles. The van der Waals surface area contributed by atoms with Crippen molar-refractivity contribution in [1.82, 2.24) is 29.5 Å². The summed E-state index contributed by atoms with van der Waals surface area (Å²) < 4.78 is 29.0. The van der Waals surface area contributed by atoms with Crippen molar-refractivity contribution in [3.8, 4) is 17.0 Å². The smallest absolute Gasteiger partial charge is 0.197 e. The molecule has 190 valence electrons. The number of H-pyrrole nitrogens is 1. The number of hydrogen-bond donors (Lipinski definition) is 1. The Morgan fingerprint density at radius 1 is 1.14 bits per heavy atom. The zero-order valence-electron chi connectivity index (χ0n) is 21.0. The highest BCUT2D eigenvalue weighted by Crippen LogP contribution is 2.40. The van der Waals surface area contributed by atoms with Crippen molar-refractivity contribution < 1.29 is 13.9 Å². The van der Waals surface area contributed by atoms with E-state index in [4.69, 9.17) is 9.47 Å². The molecule has 4 aromatic rings. The van der Waals surface area contributed by atoms with Gasteiger partial charge in [0.05, 0.1) is 24.5 Å². The fourth-order valence-electron chi connectivity index (χ4n) is 5.72. The third-order valence-electron chi connectivity index (χ3n) is 7.55. The van der Waals surface area contributed by atoms with Crippen LogP contribution in [-0.4, -0.2) is 82.0 Å². The molecule has 0 spiro atoms. The highest BCUT2D eigenvalue weighted by Gasteiger charge is 2.29. The topological polar surface area (TPSA) is 83.8 Å². The maximum Gasteiger partial charge on any atom is 0.197 e. The van der Waals surface area contributed by atoms with Crippen LogP contribution in [-0.2, 0) is 4.74 Å². The lowest BCUT2D eigenvalue weighted by Crippen LogP contribution is -2.52. The van der Waals surface area contributed by atoms with Gasteiger partial charge in [0.1, 0.15) is 6.33 Å². The van der Waals surface area contributed by atoms with Crippen LogP contribution in [0.1, 0.15) is 38.2 Å². The van der Waals surface area contributed by atoms with Crippen LogP contribution < -0.4 is 9.64 Å². The second kappa shape index (κ2) is 9.33. The van der Waals surface area contributed by atoms with Crippen molar-refractivity contribution in [2.45, 2.75) is 38.6 Å². The molecule has 0 radical (unpaired) electrons. The van der Waals surface area contributed by atoms with Gasteiger partial charge in [-0.15, -0.1) is 0 Å². The third kappa shape index (κ3) is 3.88. The van der Waals surface area contributed by atoms with Crippen LogP contribution >= 0.6 is 0 Å². The fourth-order valence-corrected chi connectivity index (χ4v) is 5.72. The number of aromatic amines is 1. The number of halogens is 1. The molecule has 2 aliphatic heterocycles. The molecule has 2 fully saturated rings.